The van der Waals surface area contributed by atoms with Crippen LogP contribution < -0.4 is 5.32 Å². The van der Waals surface area contributed by atoms with E-state index in [-0.39, 0.29) is 18.9 Å². The topological polar surface area (TPSA) is 307 Å². The van der Waals surface area contributed by atoms with E-state index in [1.54, 1.807) is 6.08 Å². The normalized spacial score (nSPS) is 30.8. The fraction of sp³-hybridized carbons (Fsp3) is 0.914. The highest BCUT2D eigenvalue weighted by Gasteiger charge is 2.53. The molecule has 1 amide bonds. The number of hydrogen-bond donors (Lipinski definition) is 12. The first kappa shape index (κ1) is 69.5. The van der Waals surface area contributed by atoms with Crippen LogP contribution in [0.4, 0.5) is 0 Å². The van der Waals surface area contributed by atoms with Crippen molar-refractivity contribution in [2.75, 3.05) is 26.4 Å². The quantitative estimate of drug-likeness (QED) is 0.0277. The van der Waals surface area contributed by atoms with Crippen LogP contribution in [0.1, 0.15) is 206 Å². The molecule has 17 unspecified atom stereocenters. The lowest BCUT2D eigenvalue weighted by Gasteiger charge is -2.48. The van der Waals surface area contributed by atoms with Gasteiger partial charge in [-0.3, -0.25) is 4.79 Å². The maximum Gasteiger partial charge on any atom is 0.220 e. The van der Waals surface area contributed by atoms with Gasteiger partial charge in [-0.05, 0) is 32.1 Å². The van der Waals surface area contributed by atoms with Crippen LogP contribution in [0.15, 0.2) is 24.3 Å². The molecule has 3 aliphatic rings. The molecule has 0 bridgehead atoms. The zero-order valence-corrected chi connectivity index (χ0v) is 46.9. The van der Waals surface area contributed by atoms with Gasteiger partial charge in [0, 0.05) is 6.42 Å². The largest absolute Gasteiger partial charge is 0.394 e. The number of unbranched alkanes of at least 4 members (excludes halogenated alkanes) is 26. The van der Waals surface area contributed by atoms with Crippen molar-refractivity contribution in [1.82, 2.24) is 5.32 Å². The van der Waals surface area contributed by atoms with Crippen molar-refractivity contribution in [3.8, 4) is 0 Å². The number of carbonyl (C=O) groups is 1. The molecule has 19 heteroatoms. The first-order chi connectivity index (χ1) is 37.3. The van der Waals surface area contributed by atoms with Gasteiger partial charge in [0.25, 0.3) is 0 Å². The van der Waals surface area contributed by atoms with E-state index >= 15 is 0 Å². The molecular weight excluding hydrogens is 999 g/mol. The third-order valence-corrected chi connectivity index (χ3v) is 15.3. The average Bonchev–Trinajstić information content (AvgIpc) is 3.43. The molecule has 19 nitrogen and oxygen atoms in total. The molecule has 3 heterocycles. The highest BCUT2D eigenvalue weighted by atomic mass is 16.8. The smallest absolute Gasteiger partial charge is 0.220 e. The van der Waals surface area contributed by atoms with Crippen molar-refractivity contribution >= 4 is 5.91 Å². The number of aliphatic hydroxyl groups excluding tert-OH is 11. The lowest BCUT2D eigenvalue weighted by Crippen LogP contribution is -2.66. The third kappa shape index (κ3) is 26.4. The van der Waals surface area contributed by atoms with E-state index in [0.29, 0.717) is 12.8 Å². The molecule has 3 rings (SSSR count). The number of hydrogen-bond acceptors (Lipinski definition) is 18. The molecule has 0 aromatic carbocycles. The van der Waals surface area contributed by atoms with Crippen LogP contribution in [0.5, 0.6) is 0 Å². The van der Waals surface area contributed by atoms with Gasteiger partial charge in [-0.2, -0.15) is 0 Å². The van der Waals surface area contributed by atoms with E-state index in [1.165, 1.54) is 135 Å². The van der Waals surface area contributed by atoms with E-state index in [2.05, 4.69) is 31.3 Å². The van der Waals surface area contributed by atoms with E-state index < -0.39 is 124 Å². The summed E-state index contributed by atoms with van der Waals surface area (Å²) in [6, 6.07) is -0.984. The van der Waals surface area contributed by atoms with Crippen molar-refractivity contribution in [1.29, 1.82) is 0 Å². The van der Waals surface area contributed by atoms with Crippen LogP contribution in [0.2, 0.25) is 0 Å². The number of carbonyl (C=O) groups excluding carboxylic acids is 1. The average molecular weight is 1110 g/mol. The Balaban J connectivity index is 1.52. The Hall–Kier alpha value is -1.73. The number of nitrogens with one attached hydrogen (secondary N) is 1. The molecule has 0 spiro atoms. The molecule has 17 atom stereocenters. The molecule has 3 aliphatic heterocycles. The van der Waals surface area contributed by atoms with Gasteiger partial charge >= 0.3 is 0 Å². The van der Waals surface area contributed by atoms with Crippen LogP contribution in [0.3, 0.4) is 0 Å². The molecule has 0 aromatic rings. The van der Waals surface area contributed by atoms with Gasteiger partial charge in [0.05, 0.1) is 38.6 Å². The standard InChI is InChI=1S/C58H107NO18/c1-3-5-7-9-11-13-15-17-19-21-23-25-27-29-31-33-35-42(63)41(59-46(64)36-34-32-30-28-26-24-22-20-18-16-14-12-10-8-6-4-2)40-72-56-52(70)49(67)54(44(38-61)74-56)77-58-53(71)50(68)55(45(39-62)75-58)76-57-51(69)48(66)47(65)43(37-60)73-57/h25,27,33,35,41-45,47-58,60-63,65-71H,3-24,26,28-32,34,36-40H2,1-2H3,(H,59,64)/b27-25+,35-33+. The maximum atomic E-state index is 13.3. The fourth-order valence-electron chi connectivity index (χ4n) is 10.3. The summed E-state index contributed by atoms with van der Waals surface area (Å²) >= 11 is 0. The summed E-state index contributed by atoms with van der Waals surface area (Å²) in [4.78, 5) is 13.3. The van der Waals surface area contributed by atoms with Gasteiger partial charge in [-0.1, -0.05) is 192 Å². The van der Waals surface area contributed by atoms with E-state index in [0.717, 1.165) is 38.5 Å². The van der Waals surface area contributed by atoms with Gasteiger partial charge in [0.1, 0.15) is 73.2 Å². The summed E-state index contributed by atoms with van der Waals surface area (Å²) in [7, 11) is 0. The minimum atomic E-state index is -1.98. The summed E-state index contributed by atoms with van der Waals surface area (Å²) < 4.78 is 34.2. The van der Waals surface area contributed by atoms with Crippen molar-refractivity contribution in [2.45, 2.75) is 311 Å². The molecule has 12 N–H and O–H groups in total. The van der Waals surface area contributed by atoms with Gasteiger partial charge in [0.2, 0.25) is 5.91 Å². The predicted molar refractivity (Wildman–Crippen MR) is 291 cm³/mol. The van der Waals surface area contributed by atoms with Crippen molar-refractivity contribution in [3.05, 3.63) is 24.3 Å². The minimum absolute atomic E-state index is 0.240. The highest BCUT2D eigenvalue weighted by molar-refractivity contribution is 5.76. The summed E-state index contributed by atoms with van der Waals surface area (Å²) in [5.41, 5.74) is 0. The summed E-state index contributed by atoms with van der Waals surface area (Å²) in [5, 5.41) is 120. The van der Waals surface area contributed by atoms with Crippen molar-refractivity contribution in [3.63, 3.8) is 0 Å². The van der Waals surface area contributed by atoms with Crippen molar-refractivity contribution < 1.29 is 89.4 Å². The molecule has 0 aliphatic carbocycles. The first-order valence-electron chi connectivity index (χ1n) is 30.1. The molecule has 3 fully saturated rings. The molecule has 0 aromatic heterocycles. The molecule has 452 valence electrons. The Morgan fingerprint density at radius 3 is 1.30 bits per heavy atom. The van der Waals surface area contributed by atoms with E-state index in [4.69, 9.17) is 28.4 Å². The zero-order valence-electron chi connectivity index (χ0n) is 46.9. The van der Waals surface area contributed by atoms with Crippen LogP contribution in [-0.2, 0) is 33.2 Å². The second-order valence-corrected chi connectivity index (χ2v) is 21.8. The Labute approximate surface area is 460 Å². The first-order valence-corrected chi connectivity index (χ1v) is 30.1. The Kier molecular flexibility index (Phi) is 38.1. The Bertz CT molecular complexity index is 1510. The summed E-state index contributed by atoms with van der Waals surface area (Å²) in [6.45, 7) is 1.70. The molecule has 0 saturated carbocycles. The second kappa shape index (κ2) is 42.1. The van der Waals surface area contributed by atoms with Gasteiger partial charge < -0.3 is 89.9 Å². The van der Waals surface area contributed by atoms with E-state index in [1.807, 2.05) is 6.08 Å². The Morgan fingerprint density at radius 1 is 0.455 bits per heavy atom. The molecular formula is C58H107NO18. The molecule has 77 heavy (non-hydrogen) atoms. The maximum absolute atomic E-state index is 13.3. The van der Waals surface area contributed by atoms with Gasteiger partial charge in [0.15, 0.2) is 18.9 Å². The monoisotopic (exact) mass is 1110 g/mol. The van der Waals surface area contributed by atoms with Crippen LogP contribution in [0, 0.1) is 0 Å². The predicted octanol–water partition coefficient (Wildman–Crippen LogP) is 5.15. The number of amides is 1. The lowest BCUT2D eigenvalue weighted by atomic mass is 9.96. The number of aliphatic hydroxyl groups is 11. The van der Waals surface area contributed by atoms with Gasteiger partial charge in [-0.15, -0.1) is 0 Å². The summed E-state index contributed by atoms with van der Waals surface area (Å²) in [6.07, 6.45) is 15.9. The van der Waals surface area contributed by atoms with Crippen LogP contribution >= 0.6 is 0 Å². The summed E-state index contributed by atoms with van der Waals surface area (Å²) in [5.74, 6) is -0.284. The van der Waals surface area contributed by atoms with Crippen LogP contribution in [0.25, 0.3) is 0 Å². The number of rotatable bonds is 44. The van der Waals surface area contributed by atoms with Gasteiger partial charge in [-0.25, -0.2) is 0 Å². The lowest BCUT2D eigenvalue weighted by molar-refractivity contribution is -0.379. The Morgan fingerprint density at radius 2 is 0.831 bits per heavy atom. The second-order valence-electron chi connectivity index (χ2n) is 21.8. The fourth-order valence-corrected chi connectivity index (χ4v) is 10.3. The highest BCUT2D eigenvalue weighted by Crippen LogP contribution is 2.33. The number of allylic oxidation sites excluding steroid dienone is 3. The third-order valence-electron chi connectivity index (χ3n) is 15.3. The molecule has 0 radical (unpaired) electrons. The van der Waals surface area contributed by atoms with Crippen molar-refractivity contribution in [2.24, 2.45) is 0 Å². The minimum Gasteiger partial charge on any atom is -0.394 e. The zero-order chi connectivity index (χ0) is 56.2. The molecule has 3 saturated heterocycles. The number of ether oxygens (including phenoxy) is 6. The van der Waals surface area contributed by atoms with Crippen LogP contribution in [-0.4, -0.2) is 193 Å². The SMILES string of the molecule is CCCCCCCCCCCC/C=C/CC/C=C/C(O)C(COC1OC(CO)C(OC2OC(CO)C(OC3OC(CO)C(O)C(O)C3O)C(O)C2O)C(O)C1O)NC(=O)CCCCCCCCCCCCCCCCCC. The van der Waals surface area contributed by atoms with E-state index in [9.17, 15) is 61.0 Å².